The van der Waals surface area contributed by atoms with E-state index in [0.717, 1.165) is 23.4 Å². The fourth-order valence-electron chi connectivity index (χ4n) is 3.70. The predicted molar refractivity (Wildman–Crippen MR) is 142 cm³/mol. The van der Waals surface area contributed by atoms with Gasteiger partial charge in [-0.3, -0.25) is 13.9 Å². The number of carbonyl (C=O) groups is 2. The normalized spacial score (nSPS) is 12.2. The van der Waals surface area contributed by atoms with Crippen molar-refractivity contribution in [1.82, 2.24) is 10.2 Å². The number of sulfonamides is 1. The van der Waals surface area contributed by atoms with Gasteiger partial charge >= 0.3 is 0 Å². The van der Waals surface area contributed by atoms with Crippen LogP contribution in [0.4, 0.5) is 5.69 Å². The second-order valence-electron chi connectivity index (χ2n) is 8.39. The largest absolute Gasteiger partial charge is 0.354 e. The van der Waals surface area contributed by atoms with Crippen molar-refractivity contribution in [3.05, 3.63) is 63.6 Å². The summed E-state index contributed by atoms with van der Waals surface area (Å²) in [4.78, 5) is 28.1. The number of anilines is 1. The maximum atomic E-state index is 13.7. The van der Waals surface area contributed by atoms with E-state index in [9.17, 15) is 18.0 Å². The summed E-state index contributed by atoms with van der Waals surface area (Å²) in [5, 5.41) is 3.59. The number of hydrogen-bond donors (Lipinski definition) is 1. The lowest BCUT2D eigenvalue weighted by molar-refractivity contribution is -0.140. The Bertz CT molecular complexity index is 1140. The molecule has 2 rings (SSSR count). The Morgan fingerprint density at radius 3 is 2.31 bits per heavy atom. The molecule has 0 saturated heterocycles. The second-order valence-corrected chi connectivity index (χ2v) is 11.1. The summed E-state index contributed by atoms with van der Waals surface area (Å²) in [7, 11) is -3.78. The fourth-order valence-corrected chi connectivity index (χ4v) is 4.93. The Kier molecular flexibility index (Phi) is 10.9. The molecule has 2 aromatic rings. The fraction of sp³-hybridized carbons (Fsp3) is 0.440. The summed E-state index contributed by atoms with van der Waals surface area (Å²) in [6.07, 6.45) is 3.15. The molecule has 1 atom stereocenters. The topological polar surface area (TPSA) is 86.8 Å². The zero-order valence-electron chi connectivity index (χ0n) is 20.6. The summed E-state index contributed by atoms with van der Waals surface area (Å²) in [6.45, 7) is 5.75. The van der Waals surface area contributed by atoms with Gasteiger partial charge in [0.05, 0.1) is 22.0 Å². The number of unbranched alkanes of at least 4 members (excludes halogenated alkanes) is 1. The molecule has 2 amide bonds. The Hall–Kier alpha value is -2.29. The first-order valence-electron chi connectivity index (χ1n) is 11.5. The van der Waals surface area contributed by atoms with Crippen LogP contribution < -0.4 is 9.62 Å². The van der Waals surface area contributed by atoms with Crippen LogP contribution in [-0.4, -0.2) is 50.5 Å². The van der Waals surface area contributed by atoms with E-state index in [1.807, 2.05) is 13.8 Å². The minimum Gasteiger partial charge on any atom is -0.354 e. The molecule has 35 heavy (non-hydrogen) atoms. The SMILES string of the molecule is CCCCNC(=O)C(CC)N(Cc1ccc(Cl)c(Cl)c1)C(=O)CN(c1ccccc1C)S(C)(=O)=O. The third-order valence-corrected chi connectivity index (χ3v) is 7.48. The van der Waals surface area contributed by atoms with Gasteiger partial charge < -0.3 is 10.2 Å². The number of hydrogen-bond acceptors (Lipinski definition) is 4. The number of nitrogens with zero attached hydrogens (tertiary/aromatic N) is 2. The van der Waals surface area contributed by atoms with Crippen LogP contribution in [-0.2, 0) is 26.2 Å². The van der Waals surface area contributed by atoms with Crippen LogP contribution in [0.1, 0.15) is 44.2 Å². The van der Waals surface area contributed by atoms with Crippen molar-refractivity contribution in [2.75, 3.05) is 23.7 Å². The quantitative estimate of drug-likeness (QED) is 0.391. The highest BCUT2D eigenvalue weighted by Crippen LogP contribution is 2.25. The number of para-hydroxylation sites is 1. The molecule has 0 spiro atoms. The number of halogens is 2. The minimum absolute atomic E-state index is 0.0702. The van der Waals surface area contributed by atoms with Gasteiger partial charge in [-0.25, -0.2) is 8.42 Å². The van der Waals surface area contributed by atoms with Crippen LogP contribution in [0.25, 0.3) is 0 Å². The number of carbonyl (C=O) groups excluding carboxylic acids is 2. The molecule has 0 aliphatic heterocycles. The number of rotatable bonds is 12. The molecule has 192 valence electrons. The van der Waals surface area contributed by atoms with E-state index in [1.54, 1.807) is 49.4 Å². The Balaban J connectivity index is 2.44. The molecule has 0 fully saturated rings. The molecule has 1 N–H and O–H groups in total. The Labute approximate surface area is 218 Å². The van der Waals surface area contributed by atoms with Crippen molar-refractivity contribution in [3.8, 4) is 0 Å². The van der Waals surface area contributed by atoms with Gasteiger partial charge in [0.1, 0.15) is 12.6 Å². The first-order chi connectivity index (χ1) is 16.5. The van der Waals surface area contributed by atoms with E-state index in [0.29, 0.717) is 39.8 Å². The van der Waals surface area contributed by atoms with Crippen molar-refractivity contribution >= 4 is 50.7 Å². The van der Waals surface area contributed by atoms with E-state index < -0.39 is 28.5 Å². The van der Waals surface area contributed by atoms with Crippen molar-refractivity contribution in [2.45, 2.75) is 52.6 Å². The molecule has 0 radical (unpaired) electrons. The minimum atomic E-state index is -3.78. The molecule has 0 heterocycles. The third kappa shape index (κ3) is 8.12. The van der Waals surface area contributed by atoms with Crippen LogP contribution in [0.3, 0.4) is 0 Å². The first-order valence-corrected chi connectivity index (χ1v) is 14.1. The lowest BCUT2D eigenvalue weighted by atomic mass is 10.1. The first kappa shape index (κ1) is 28.9. The van der Waals surface area contributed by atoms with Crippen LogP contribution in [0.15, 0.2) is 42.5 Å². The molecule has 2 aromatic carbocycles. The van der Waals surface area contributed by atoms with Gasteiger partial charge in [-0.2, -0.15) is 0 Å². The average Bonchev–Trinajstić information content (AvgIpc) is 2.79. The van der Waals surface area contributed by atoms with Crippen LogP contribution in [0.2, 0.25) is 10.0 Å². The van der Waals surface area contributed by atoms with Crippen molar-refractivity contribution in [1.29, 1.82) is 0 Å². The van der Waals surface area contributed by atoms with E-state index >= 15 is 0 Å². The number of benzene rings is 2. The summed E-state index contributed by atoms with van der Waals surface area (Å²) < 4.78 is 26.4. The van der Waals surface area contributed by atoms with E-state index in [-0.39, 0.29) is 12.5 Å². The molecule has 0 aliphatic rings. The smallest absolute Gasteiger partial charge is 0.244 e. The maximum absolute atomic E-state index is 13.7. The summed E-state index contributed by atoms with van der Waals surface area (Å²) in [5.74, 6) is -0.779. The molecule has 1 unspecified atom stereocenters. The second kappa shape index (κ2) is 13.1. The maximum Gasteiger partial charge on any atom is 0.244 e. The number of nitrogens with one attached hydrogen (secondary N) is 1. The van der Waals surface area contributed by atoms with Gasteiger partial charge in [-0.15, -0.1) is 0 Å². The average molecular weight is 543 g/mol. The molecular formula is C25H33Cl2N3O4S. The molecule has 0 bridgehead atoms. The lowest BCUT2D eigenvalue weighted by Gasteiger charge is -2.33. The van der Waals surface area contributed by atoms with Crippen LogP contribution in [0, 0.1) is 6.92 Å². The highest BCUT2D eigenvalue weighted by Gasteiger charge is 2.32. The molecule has 10 heteroatoms. The number of aryl methyl sites for hydroxylation is 1. The van der Waals surface area contributed by atoms with Crippen LogP contribution in [0.5, 0.6) is 0 Å². The van der Waals surface area contributed by atoms with Gasteiger partial charge in [-0.05, 0) is 49.1 Å². The van der Waals surface area contributed by atoms with Gasteiger partial charge in [0.2, 0.25) is 21.8 Å². The molecule has 0 saturated carbocycles. The van der Waals surface area contributed by atoms with Gasteiger partial charge in [0.25, 0.3) is 0 Å². The van der Waals surface area contributed by atoms with Crippen molar-refractivity contribution < 1.29 is 18.0 Å². The van der Waals surface area contributed by atoms with Crippen LogP contribution >= 0.6 is 23.2 Å². The summed E-state index contributed by atoms with van der Waals surface area (Å²) in [5.41, 5.74) is 1.80. The van der Waals surface area contributed by atoms with E-state index in [1.165, 1.54) is 4.90 Å². The highest BCUT2D eigenvalue weighted by molar-refractivity contribution is 7.92. The molecule has 0 aliphatic carbocycles. The zero-order chi connectivity index (χ0) is 26.2. The molecule has 7 nitrogen and oxygen atoms in total. The van der Waals surface area contributed by atoms with Gasteiger partial charge in [0, 0.05) is 13.1 Å². The predicted octanol–water partition coefficient (Wildman–Crippen LogP) is 4.79. The monoisotopic (exact) mass is 541 g/mol. The standard InChI is InChI=1S/C25H33Cl2N3O4S/c1-5-7-14-28-25(32)22(6-2)29(16-19-12-13-20(26)21(27)15-19)24(31)17-30(35(4,33)34)23-11-9-8-10-18(23)3/h8-13,15,22H,5-7,14,16-17H2,1-4H3,(H,28,32). The van der Waals surface area contributed by atoms with Gasteiger partial charge in [0.15, 0.2) is 0 Å². The zero-order valence-corrected chi connectivity index (χ0v) is 22.9. The molecule has 0 aromatic heterocycles. The van der Waals surface area contributed by atoms with Crippen molar-refractivity contribution in [3.63, 3.8) is 0 Å². The van der Waals surface area contributed by atoms with E-state index in [2.05, 4.69) is 5.32 Å². The van der Waals surface area contributed by atoms with E-state index in [4.69, 9.17) is 23.2 Å². The number of amides is 2. The summed E-state index contributed by atoms with van der Waals surface area (Å²) >= 11 is 12.2. The Morgan fingerprint density at radius 1 is 1.06 bits per heavy atom. The Morgan fingerprint density at radius 2 is 1.74 bits per heavy atom. The lowest BCUT2D eigenvalue weighted by Crippen LogP contribution is -2.52. The van der Waals surface area contributed by atoms with Gasteiger partial charge in [-0.1, -0.05) is 67.7 Å². The highest BCUT2D eigenvalue weighted by atomic mass is 35.5. The summed E-state index contributed by atoms with van der Waals surface area (Å²) in [6, 6.07) is 11.2. The molecular weight excluding hydrogens is 509 g/mol. The van der Waals surface area contributed by atoms with Crippen molar-refractivity contribution in [2.24, 2.45) is 0 Å². The third-order valence-electron chi connectivity index (χ3n) is 5.62.